The Morgan fingerprint density at radius 2 is 1.47 bits per heavy atom. The SMILES string of the molecule is CCCCCCCCCCCCCCNC1CCN(C(=O)c2ccccc2)C(C)C1. The number of carbonyl (C=O) groups excluding carboxylic acids is 1. The number of nitrogens with zero attached hydrogens (tertiary/aromatic N) is 1. The summed E-state index contributed by atoms with van der Waals surface area (Å²) in [4.78, 5) is 14.8. The monoisotopic (exact) mass is 414 g/mol. The maximum absolute atomic E-state index is 12.7. The molecule has 0 spiro atoms. The summed E-state index contributed by atoms with van der Waals surface area (Å²) in [6.07, 6.45) is 18.9. The van der Waals surface area contributed by atoms with Crippen LogP contribution >= 0.6 is 0 Å². The van der Waals surface area contributed by atoms with E-state index in [1.165, 1.54) is 77.0 Å². The molecule has 1 aliphatic rings. The summed E-state index contributed by atoms with van der Waals surface area (Å²) < 4.78 is 0. The van der Waals surface area contributed by atoms with Crippen LogP contribution in [0, 0.1) is 0 Å². The van der Waals surface area contributed by atoms with E-state index in [-0.39, 0.29) is 5.91 Å². The second kappa shape index (κ2) is 15.5. The maximum Gasteiger partial charge on any atom is 0.254 e. The van der Waals surface area contributed by atoms with Gasteiger partial charge in [0.2, 0.25) is 0 Å². The van der Waals surface area contributed by atoms with Crippen LogP contribution in [0.5, 0.6) is 0 Å². The third-order valence-electron chi connectivity index (χ3n) is 6.62. The van der Waals surface area contributed by atoms with Crippen LogP contribution in [0.1, 0.15) is 114 Å². The Balaban J connectivity index is 1.45. The number of unbranched alkanes of at least 4 members (excludes halogenated alkanes) is 11. The molecule has 0 bridgehead atoms. The van der Waals surface area contributed by atoms with Crippen molar-refractivity contribution in [3.8, 4) is 0 Å². The van der Waals surface area contributed by atoms with Gasteiger partial charge >= 0.3 is 0 Å². The lowest BCUT2D eigenvalue weighted by Gasteiger charge is -2.38. The minimum absolute atomic E-state index is 0.183. The van der Waals surface area contributed by atoms with E-state index in [1.54, 1.807) is 0 Å². The Kier molecular flexibility index (Phi) is 12.8. The van der Waals surface area contributed by atoms with Gasteiger partial charge in [0.15, 0.2) is 0 Å². The molecule has 1 fully saturated rings. The Hall–Kier alpha value is -1.35. The first-order valence-electron chi connectivity index (χ1n) is 12.8. The molecule has 3 heteroatoms. The molecule has 1 saturated heterocycles. The summed E-state index contributed by atoms with van der Waals surface area (Å²) in [5, 5.41) is 3.75. The van der Waals surface area contributed by atoms with Gasteiger partial charge in [-0.3, -0.25) is 4.79 Å². The Bertz CT molecular complexity index is 559. The smallest absolute Gasteiger partial charge is 0.254 e. The van der Waals surface area contributed by atoms with Gasteiger partial charge in [-0.25, -0.2) is 0 Å². The van der Waals surface area contributed by atoms with Crippen molar-refractivity contribution in [2.75, 3.05) is 13.1 Å². The molecular formula is C27H46N2O. The minimum Gasteiger partial charge on any atom is -0.336 e. The highest BCUT2D eigenvalue weighted by molar-refractivity contribution is 5.94. The van der Waals surface area contributed by atoms with Crippen LogP contribution in [0.3, 0.4) is 0 Å². The number of carbonyl (C=O) groups is 1. The zero-order valence-corrected chi connectivity index (χ0v) is 19.7. The molecule has 2 unspecified atom stereocenters. The number of likely N-dealkylation sites (tertiary alicyclic amines) is 1. The van der Waals surface area contributed by atoms with Crippen LogP contribution in [-0.4, -0.2) is 36.0 Å². The fourth-order valence-electron chi connectivity index (χ4n) is 4.68. The largest absolute Gasteiger partial charge is 0.336 e. The number of nitrogens with one attached hydrogen (secondary N) is 1. The Labute approximate surface area is 186 Å². The van der Waals surface area contributed by atoms with Gasteiger partial charge in [-0.2, -0.15) is 0 Å². The molecule has 2 atom stereocenters. The molecule has 0 aliphatic carbocycles. The zero-order chi connectivity index (χ0) is 21.4. The van der Waals surface area contributed by atoms with Crippen molar-refractivity contribution < 1.29 is 4.79 Å². The highest BCUT2D eigenvalue weighted by Gasteiger charge is 2.28. The molecule has 0 radical (unpaired) electrons. The summed E-state index contributed by atoms with van der Waals surface area (Å²) in [7, 11) is 0. The molecule has 1 heterocycles. The highest BCUT2D eigenvalue weighted by atomic mass is 16.2. The molecule has 2 rings (SSSR count). The standard InChI is InChI=1S/C27H46N2O/c1-3-4-5-6-7-8-9-10-11-12-13-17-21-28-26-20-22-29(24(2)23-26)27(30)25-18-15-14-16-19-25/h14-16,18-19,24,26,28H,3-13,17,20-23H2,1-2H3. The normalized spacial score (nSPS) is 19.2. The molecule has 0 aromatic heterocycles. The summed E-state index contributed by atoms with van der Waals surface area (Å²) in [5.41, 5.74) is 0.812. The summed E-state index contributed by atoms with van der Waals surface area (Å²) in [6, 6.07) is 10.6. The van der Waals surface area contributed by atoms with E-state index in [9.17, 15) is 4.79 Å². The Morgan fingerprint density at radius 1 is 0.900 bits per heavy atom. The lowest BCUT2D eigenvalue weighted by molar-refractivity contribution is 0.0603. The highest BCUT2D eigenvalue weighted by Crippen LogP contribution is 2.20. The molecule has 1 aromatic rings. The first-order valence-corrected chi connectivity index (χ1v) is 12.8. The number of hydrogen-bond donors (Lipinski definition) is 1. The van der Waals surface area contributed by atoms with E-state index in [4.69, 9.17) is 0 Å². The predicted molar refractivity (Wildman–Crippen MR) is 129 cm³/mol. The Morgan fingerprint density at radius 3 is 2.03 bits per heavy atom. The third kappa shape index (κ3) is 9.64. The lowest BCUT2D eigenvalue weighted by Crippen LogP contribution is -2.49. The van der Waals surface area contributed by atoms with Crippen molar-refractivity contribution >= 4 is 5.91 Å². The van der Waals surface area contributed by atoms with Crippen molar-refractivity contribution in [2.24, 2.45) is 0 Å². The van der Waals surface area contributed by atoms with Crippen LogP contribution in [-0.2, 0) is 0 Å². The second-order valence-electron chi connectivity index (χ2n) is 9.28. The average molecular weight is 415 g/mol. The predicted octanol–water partition coefficient (Wildman–Crippen LogP) is 6.97. The van der Waals surface area contributed by atoms with Crippen molar-refractivity contribution in [1.82, 2.24) is 10.2 Å². The molecule has 1 amide bonds. The minimum atomic E-state index is 0.183. The maximum atomic E-state index is 12.7. The zero-order valence-electron chi connectivity index (χ0n) is 19.7. The van der Waals surface area contributed by atoms with Crippen LogP contribution < -0.4 is 5.32 Å². The van der Waals surface area contributed by atoms with E-state index >= 15 is 0 Å². The van der Waals surface area contributed by atoms with Crippen LogP contribution in [0.15, 0.2) is 30.3 Å². The molecule has 170 valence electrons. The van der Waals surface area contributed by atoms with Gasteiger partial charge in [0, 0.05) is 24.2 Å². The van der Waals surface area contributed by atoms with Gasteiger partial charge in [0.1, 0.15) is 0 Å². The van der Waals surface area contributed by atoms with Crippen molar-refractivity contribution in [1.29, 1.82) is 0 Å². The van der Waals surface area contributed by atoms with Gasteiger partial charge < -0.3 is 10.2 Å². The van der Waals surface area contributed by atoms with Crippen LogP contribution in [0.2, 0.25) is 0 Å². The van der Waals surface area contributed by atoms with Crippen molar-refractivity contribution in [3.05, 3.63) is 35.9 Å². The molecule has 3 nitrogen and oxygen atoms in total. The van der Waals surface area contributed by atoms with Gasteiger partial charge in [0.05, 0.1) is 0 Å². The molecule has 1 aliphatic heterocycles. The van der Waals surface area contributed by atoms with Crippen LogP contribution in [0.25, 0.3) is 0 Å². The summed E-state index contributed by atoms with van der Waals surface area (Å²) in [6.45, 7) is 6.47. The molecule has 0 saturated carbocycles. The van der Waals surface area contributed by atoms with Gasteiger partial charge in [-0.1, -0.05) is 95.8 Å². The topological polar surface area (TPSA) is 32.3 Å². The van der Waals surface area contributed by atoms with E-state index in [0.29, 0.717) is 12.1 Å². The van der Waals surface area contributed by atoms with E-state index in [1.807, 2.05) is 30.3 Å². The first-order chi connectivity index (χ1) is 14.7. The van der Waals surface area contributed by atoms with Gasteiger partial charge in [-0.05, 0) is 44.9 Å². The molecular weight excluding hydrogens is 368 g/mol. The first kappa shape index (κ1) is 24.9. The number of amides is 1. The van der Waals surface area contributed by atoms with Crippen molar-refractivity contribution in [3.63, 3.8) is 0 Å². The lowest BCUT2D eigenvalue weighted by atomic mass is 9.97. The summed E-state index contributed by atoms with van der Waals surface area (Å²) in [5.74, 6) is 0.183. The van der Waals surface area contributed by atoms with E-state index in [0.717, 1.165) is 31.5 Å². The fraction of sp³-hybridized carbons (Fsp3) is 0.741. The molecule has 30 heavy (non-hydrogen) atoms. The van der Waals surface area contributed by atoms with Crippen LogP contribution in [0.4, 0.5) is 0 Å². The van der Waals surface area contributed by atoms with Gasteiger partial charge in [-0.15, -0.1) is 0 Å². The van der Waals surface area contributed by atoms with E-state index in [2.05, 4.69) is 24.1 Å². The van der Waals surface area contributed by atoms with Gasteiger partial charge in [0.25, 0.3) is 5.91 Å². The second-order valence-corrected chi connectivity index (χ2v) is 9.28. The summed E-state index contributed by atoms with van der Waals surface area (Å²) >= 11 is 0. The number of hydrogen-bond acceptors (Lipinski definition) is 2. The van der Waals surface area contributed by atoms with Crippen molar-refractivity contribution in [2.45, 2.75) is 116 Å². The molecule has 1 aromatic carbocycles. The fourth-order valence-corrected chi connectivity index (χ4v) is 4.68. The van der Waals surface area contributed by atoms with E-state index < -0.39 is 0 Å². The number of piperidine rings is 1. The molecule has 1 N–H and O–H groups in total. The third-order valence-corrected chi connectivity index (χ3v) is 6.62. The quantitative estimate of drug-likeness (QED) is 0.314. The number of benzene rings is 1. The average Bonchev–Trinajstić information content (AvgIpc) is 2.77. The number of rotatable bonds is 15.